The predicted molar refractivity (Wildman–Crippen MR) is 103 cm³/mol. The van der Waals surface area contributed by atoms with Crippen molar-refractivity contribution in [3.8, 4) is 17.6 Å². The zero-order valence-corrected chi connectivity index (χ0v) is 16.0. The smallest absolute Gasteiger partial charge is 0.332 e. The molecule has 0 unspecified atom stereocenters. The van der Waals surface area contributed by atoms with E-state index in [1.54, 1.807) is 7.05 Å². The van der Waals surface area contributed by atoms with Crippen molar-refractivity contribution in [3.63, 3.8) is 0 Å². The van der Waals surface area contributed by atoms with Crippen LogP contribution in [0.15, 0.2) is 27.8 Å². The molecule has 0 saturated carbocycles. The van der Waals surface area contributed by atoms with Gasteiger partial charge in [-0.05, 0) is 30.5 Å². The van der Waals surface area contributed by atoms with Crippen molar-refractivity contribution < 1.29 is 9.47 Å². The molecular weight excluding hydrogens is 360 g/mol. The Labute approximate surface area is 162 Å². The van der Waals surface area contributed by atoms with E-state index in [1.165, 1.54) is 11.6 Å². The minimum absolute atomic E-state index is 0.00848. The molecule has 0 spiro atoms. The molecule has 3 heterocycles. The third-order valence-electron chi connectivity index (χ3n) is 5.43. The first-order chi connectivity index (χ1) is 13.5. The first-order valence-corrected chi connectivity index (χ1v) is 9.39. The highest BCUT2D eigenvalue weighted by molar-refractivity contribution is 5.57. The van der Waals surface area contributed by atoms with Gasteiger partial charge in [0.05, 0.1) is 19.3 Å². The number of hydrogen-bond acceptors (Lipinski definition) is 6. The summed E-state index contributed by atoms with van der Waals surface area (Å²) in [6.07, 6.45) is 2.59. The first kappa shape index (κ1) is 18.2. The van der Waals surface area contributed by atoms with Crippen LogP contribution in [0.3, 0.4) is 0 Å². The summed E-state index contributed by atoms with van der Waals surface area (Å²) in [7, 11) is 2.99. The number of benzene rings is 1. The molecule has 4 rings (SSSR count). The van der Waals surface area contributed by atoms with E-state index < -0.39 is 11.2 Å². The topological polar surface area (TPSA) is 89.5 Å². The quantitative estimate of drug-likeness (QED) is 0.781. The molecule has 2 aliphatic rings. The molecule has 1 aromatic heterocycles. The van der Waals surface area contributed by atoms with Gasteiger partial charge in [-0.15, -0.1) is 0 Å². The summed E-state index contributed by atoms with van der Waals surface area (Å²) in [5.74, 6) is 1.81. The molecule has 28 heavy (non-hydrogen) atoms. The van der Waals surface area contributed by atoms with Crippen LogP contribution >= 0.6 is 0 Å². The molecule has 1 atom stereocenters. The average molecular weight is 382 g/mol. The predicted octanol–water partition coefficient (Wildman–Crippen LogP) is 1.46. The van der Waals surface area contributed by atoms with E-state index in [4.69, 9.17) is 9.47 Å². The van der Waals surface area contributed by atoms with Gasteiger partial charge in [-0.25, -0.2) is 4.79 Å². The van der Waals surface area contributed by atoms with Gasteiger partial charge < -0.3 is 14.4 Å². The average Bonchev–Trinajstić information content (AvgIpc) is 3.06. The molecule has 8 heteroatoms. The van der Waals surface area contributed by atoms with Crippen molar-refractivity contribution in [1.82, 2.24) is 9.13 Å². The first-order valence-electron chi connectivity index (χ1n) is 9.39. The molecule has 0 aliphatic carbocycles. The van der Waals surface area contributed by atoms with Crippen LogP contribution in [0.1, 0.15) is 36.4 Å². The molecule has 0 N–H and O–H groups in total. The van der Waals surface area contributed by atoms with Gasteiger partial charge in [-0.1, -0.05) is 6.07 Å². The van der Waals surface area contributed by atoms with Crippen molar-refractivity contribution in [2.24, 2.45) is 14.1 Å². The third-order valence-corrected chi connectivity index (χ3v) is 5.43. The monoisotopic (exact) mass is 382 g/mol. The SMILES string of the molecule is Cn1c(N2CCC[C@H]2c2ccc3c(c2)OCCCO3)c(C#N)c(=O)n(C)c1=O. The number of nitriles is 1. The normalized spacial score (nSPS) is 18.6. The van der Waals surface area contributed by atoms with E-state index in [9.17, 15) is 14.9 Å². The highest BCUT2D eigenvalue weighted by Crippen LogP contribution is 2.40. The lowest BCUT2D eigenvalue weighted by molar-refractivity contribution is 0.297. The van der Waals surface area contributed by atoms with E-state index in [1.807, 2.05) is 29.2 Å². The van der Waals surface area contributed by atoms with Crippen LogP contribution in [0.4, 0.5) is 5.82 Å². The fraction of sp³-hybridized carbons (Fsp3) is 0.450. The fourth-order valence-electron chi connectivity index (χ4n) is 4.02. The molecule has 146 valence electrons. The Balaban J connectivity index is 1.81. The van der Waals surface area contributed by atoms with Crippen molar-refractivity contribution in [2.75, 3.05) is 24.7 Å². The highest BCUT2D eigenvalue weighted by atomic mass is 16.5. The van der Waals surface area contributed by atoms with E-state index >= 15 is 0 Å². The van der Waals surface area contributed by atoms with Crippen LogP contribution in [0.5, 0.6) is 11.5 Å². The Morgan fingerprint density at radius 2 is 1.82 bits per heavy atom. The largest absolute Gasteiger partial charge is 0.490 e. The summed E-state index contributed by atoms with van der Waals surface area (Å²) in [6.45, 7) is 1.89. The van der Waals surface area contributed by atoms with Crippen LogP contribution in [-0.2, 0) is 14.1 Å². The maximum Gasteiger partial charge on any atom is 0.332 e. The minimum Gasteiger partial charge on any atom is -0.490 e. The number of hydrogen-bond donors (Lipinski definition) is 0. The van der Waals surface area contributed by atoms with Gasteiger partial charge in [-0.2, -0.15) is 5.26 Å². The zero-order valence-electron chi connectivity index (χ0n) is 16.0. The van der Waals surface area contributed by atoms with Gasteiger partial charge in [0.25, 0.3) is 5.56 Å². The van der Waals surface area contributed by atoms with Crippen molar-refractivity contribution in [2.45, 2.75) is 25.3 Å². The number of aromatic nitrogens is 2. The summed E-state index contributed by atoms with van der Waals surface area (Å²) in [5, 5.41) is 9.60. The number of nitrogens with zero attached hydrogens (tertiary/aromatic N) is 4. The second kappa shape index (κ2) is 7.08. The van der Waals surface area contributed by atoms with Crippen LogP contribution < -0.4 is 25.6 Å². The molecule has 0 amide bonds. The van der Waals surface area contributed by atoms with Crippen LogP contribution in [-0.4, -0.2) is 28.9 Å². The third kappa shape index (κ3) is 2.83. The van der Waals surface area contributed by atoms with E-state index in [0.717, 1.165) is 35.1 Å². The Kier molecular flexibility index (Phi) is 4.59. The molecule has 1 saturated heterocycles. The lowest BCUT2D eigenvalue weighted by atomic mass is 10.0. The Morgan fingerprint density at radius 3 is 2.57 bits per heavy atom. The van der Waals surface area contributed by atoms with Crippen LogP contribution in [0.25, 0.3) is 0 Å². The molecule has 0 radical (unpaired) electrons. The molecule has 1 fully saturated rings. The van der Waals surface area contributed by atoms with Gasteiger partial charge in [0.1, 0.15) is 11.9 Å². The summed E-state index contributed by atoms with van der Waals surface area (Å²) >= 11 is 0. The summed E-state index contributed by atoms with van der Waals surface area (Å²) < 4.78 is 13.9. The highest BCUT2D eigenvalue weighted by Gasteiger charge is 2.32. The fourth-order valence-corrected chi connectivity index (χ4v) is 4.02. The van der Waals surface area contributed by atoms with E-state index in [-0.39, 0.29) is 11.6 Å². The molecule has 1 aromatic carbocycles. The number of fused-ring (bicyclic) bond motifs is 1. The Hall–Kier alpha value is -3.21. The van der Waals surface area contributed by atoms with Gasteiger partial charge in [0.15, 0.2) is 17.1 Å². The maximum absolute atomic E-state index is 12.5. The minimum atomic E-state index is -0.565. The lowest BCUT2D eigenvalue weighted by Gasteiger charge is -2.29. The van der Waals surface area contributed by atoms with Gasteiger partial charge in [0.2, 0.25) is 0 Å². The number of rotatable bonds is 2. The number of anilines is 1. The molecular formula is C20H22N4O4. The second-order valence-corrected chi connectivity index (χ2v) is 7.12. The zero-order chi connectivity index (χ0) is 19.8. The summed E-state index contributed by atoms with van der Waals surface area (Å²) in [4.78, 5) is 26.9. The van der Waals surface area contributed by atoms with E-state index in [0.29, 0.717) is 31.3 Å². The lowest BCUT2D eigenvalue weighted by Crippen LogP contribution is -2.42. The molecule has 2 aliphatic heterocycles. The van der Waals surface area contributed by atoms with Crippen molar-refractivity contribution in [1.29, 1.82) is 5.26 Å². The molecule has 8 nitrogen and oxygen atoms in total. The second-order valence-electron chi connectivity index (χ2n) is 7.12. The Morgan fingerprint density at radius 1 is 1.07 bits per heavy atom. The van der Waals surface area contributed by atoms with Crippen molar-refractivity contribution >= 4 is 5.82 Å². The number of ether oxygens (including phenoxy) is 2. The summed E-state index contributed by atoms with van der Waals surface area (Å²) in [6, 6.07) is 7.81. The van der Waals surface area contributed by atoms with Crippen molar-refractivity contribution in [3.05, 3.63) is 50.2 Å². The van der Waals surface area contributed by atoms with E-state index in [2.05, 4.69) is 0 Å². The van der Waals surface area contributed by atoms with Gasteiger partial charge >= 0.3 is 5.69 Å². The molecule has 2 aromatic rings. The van der Waals surface area contributed by atoms with Gasteiger partial charge in [0, 0.05) is 27.1 Å². The molecule has 0 bridgehead atoms. The van der Waals surface area contributed by atoms with Crippen LogP contribution in [0, 0.1) is 11.3 Å². The maximum atomic E-state index is 12.5. The van der Waals surface area contributed by atoms with Gasteiger partial charge in [-0.3, -0.25) is 13.9 Å². The van der Waals surface area contributed by atoms with Crippen LogP contribution in [0.2, 0.25) is 0 Å². The summed E-state index contributed by atoms with van der Waals surface area (Å²) in [5.41, 5.74) is -0.00201. The standard InChI is InChI=1S/C20H22N4O4/c1-22-18(14(12-21)19(25)23(2)20(22)26)24-8-3-5-15(24)13-6-7-16-17(11-13)28-10-4-9-27-16/h6-7,11,15H,3-5,8-10H2,1-2H3/t15-/m0/s1. The Bertz CT molecular complexity index is 1080.